The SMILES string of the molecule is COc1cc(-n2cnc3cc(-c4cnn(C5CC5)c4)ccc32)cc(OC)c1C(=O)CCC(F)(F)F. The van der Waals surface area contributed by atoms with Crippen molar-refractivity contribution in [3.05, 3.63) is 54.6 Å². The van der Waals surface area contributed by atoms with Gasteiger partial charge in [-0.1, -0.05) is 6.07 Å². The van der Waals surface area contributed by atoms with Crippen molar-refractivity contribution in [3.8, 4) is 28.3 Å². The molecular formula is C25H23F3N4O3. The van der Waals surface area contributed by atoms with Crippen molar-refractivity contribution in [2.45, 2.75) is 37.9 Å². The summed E-state index contributed by atoms with van der Waals surface area (Å²) in [4.78, 5) is 17.1. The average molecular weight is 484 g/mol. The number of hydrogen-bond acceptors (Lipinski definition) is 5. The molecule has 0 radical (unpaired) electrons. The van der Waals surface area contributed by atoms with Gasteiger partial charge in [0.2, 0.25) is 0 Å². The molecule has 1 aliphatic rings. The van der Waals surface area contributed by atoms with Gasteiger partial charge in [0.15, 0.2) is 5.78 Å². The van der Waals surface area contributed by atoms with E-state index in [1.54, 1.807) is 18.5 Å². The molecule has 1 saturated carbocycles. The highest BCUT2D eigenvalue weighted by atomic mass is 19.4. The number of aromatic nitrogens is 4. The second-order valence-electron chi connectivity index (χ2n) is 8.52. The van der Waals surface area contributed by atoms with Crippen molar-refractivity contribution in [3.63, 3.8) is 0 Å². The van der Waals surface area contributed by atoms with Crippen LogP contribution in [0.5, 0.6) is 11.5 Å². The second kappa shape index (κ2) is 8.75. The molecule has 1 fully saturated rings. The molecule has 2 heterocycles. The lowest BCUT2D eigenvalue weighted by Crippen LogP contribution is -2.13. The Morgan fingerprint density at radius 1 is 1.09 bits per heavy atom. The summed E-state index contributed by atoms with van der Waals surface area (Å²) >= 11 is 0. The monoisotopic (exact) mass is 484 g/mol. The van der Waals surface area contributed by atoms with Crippen molar-refractivity contribution >= 4 is 16.8 Å². The summed E-state index contributed by atoms with van der Waals surface area (Å²) in [5.74, 6) is -0.426. The van der Waals surface area contributed by atoms with Crippen LogP contribution in [0.15, 0.2) is 49.1 Å². The highest BCUT2D eigenvalue weighted by molar-refractivity contribution is 6.02. The van der Waals surface area contributed by atoms with Crippen LogP contribution < -0.4 is 9.47 Å². The van der Waals surface area contributed by atoms with E-state index < -0.39 is 24.8 Å². The fourth-order valence-electron chi connectivity index (χ4n) is 4.12. The Morgan fingerprint density at radius 2 is 1.80 bits per heavy atom. The van der Waals surface area contributed by atoms with Crippen LogP contribution in [0.1, 0.15) is 42.1 Å². The summed E-state index contributed by atoms with van der Waals surface area (Å²) in [7, 11) is 2.72. The molecule has 7 nitrogen and oxygen atoms in total. The third-order valence-electron chi connectivity index (χ3n) is 6.09. The molecule has 0 atom stereocenters. The van der Waals surface area contributed by atoms with E-state index in [9.17, 15) is 18.0 Å². The van der Waals surface area contributed by atoms with Crippen LogP contribution >= 0.6 is 0 Å². The van der Waals surface area contributed by atoms with E-state index in [1.807, 2.05) is 39.8 Å². The minimum absolute atomic E-state index is 0.0117. The number of carbonyl (C=O) groups is 1. The van der Waals surface area contributed by atoms with E-state index in [1.165, 1.54) is 14.2 Å². The van der Waals surface area contributed by atoms with E-state index in [0.717, 1.165) is 35.0 Å². The number of benzene rings is 2. The Kier molecular flexibility index (Phi) is 5.74. The maximum absolute atomic E-state index is 12.6. The van der Waals surface area contributed by atoms with Gasteiger partial charge in [-0.25, -0.2) is 4.98 Å². The third kappa shape index (κ3) is 4.60. The molecule has 4 aromatic rings. The van der Waals surface area contributed by atoms with Gasteiger partial charge in [-0.15, -0.1) is 0 Å². The smallest absolute Gasteiger partial charge is 0.389 e. The van der Waals surface area contributed by atoms with Gasteiger partial charge in [-0.3, -0.25) is 14.0 Å². The predicted molar refractivity (Wildman–Crippen MR) is 123 cm³/mol. The molecule has 182 valence electrons. The predicted octanol–water partition coefficient (Wildman–Crippen LogP) is 5.77. The lowest BCUT2D eigenvalue weighted by atomic mass is 10.0. The summed E-state index contributed by atoms with van der Waals surface area (Å²) < 4.78 is 52.5. The number of alkyl halides is 3. The molecule has 5 rings (SSSR count). The van der Waals surface area contributed by atoms with E-state index in [4.69, 9.17) is 9.47 Å². The first-order valence-electron chi connectivity index (χ1n) is 11.2. The summed E-state index contributed by atoms with van der Waals surface area (Å²) in [6, 6.07) is 9.59. The Bertz CT molecular complexity index is 1380. The summed E-state index contributed by atoms with van der Waals surface area (Å²) in [5.41, 5.74) is 4.16. The Hall–Kier alpha value is -3.82. The van der Waals surface area contributed by atoms with Gasteiger partial charge < -0.3 is 9.47 Å². The zero-order valence-corrected chi connectivity index (χ0v) is 19.2. The second-order valence-corrected chi connectivity index (χ2v) is 8.52. The summed E-state index contributed by atoms with van der Waals surface area (Å²) in [5, 5.41) is 4.45. The van der Waals surface area contributed by atoms with E-state index in [-0.39, 0.29) is 17.1 Å². The molecule has 10 heteroatoms. The minimum Gasteiger partial charge on any atom is -0.496 e. The molecule has 35 heavy (non-hydrogen) atoms. The number of methoxy groups -OCH3 is 2. The number of ketones is 1. The molecule has 0 saturated heterocycles. The molecule has 0 spiro atoms. The van der Waals surface area contributed by atoms with Crippen LogP contribution in [0.25, 0.3) is 27.8 Å². The molecule has 0 amide bonds. The van der Waals surface area contributed by atoms with Crippen LogP contribution in [-0.4, -0.2) is 45.5 Å². The van der Waals surface area contributed by atoms with Crippen LogP contribution in [0.4, 0.5) is 13.2 Å². The number of fused-ring (bicyclic) bond motifs is 1. The van der Waals surface area contributed by atoms with Gasteiger partial charge >= 0.3 is 6.18 Å². The van der Waals surface area contributed by atoms with Gasteiger partial charge in [0.1, 0.15) is 23.4 Å². The van der Waals surface area contributed by atoms with E-state index >= 15 is 0 Å². The maximum atomic E-state index is 12.6. The normalized spacial score (nSPS) is 13.9. The van der Waals surface area contributed by atoms with Crippen molar-refractivity contribution in [1.29, 1.82) is 0 Å². The molecule has 0 aliphatic heterocycles. The molecule has 0 N–H and O–H groups in total. The molecular weight excluding hydrogens is 461 g/mol. The first-order chi connectivity index (χ1) is 16.8. The number of rotatable bonds is 8. The van der Waals surface area contributed by atoms with Gasteiger partial charge in [0.05, 0.1) is 49.6 Å². The highest BCUT2D eigenvalue weighted by Gasteiger charge is 2.30. The molecule has 2 aromatic carbocycles. The fourth-order valence-corrected chi connectivity index (χ4v) is 4.12. The van der Waals surface area contributed by atoms with E-state index in [2.05, 4.69) is 10.1 Å². The first-order valence-corrected chi connectivity index (χ1v) is 11.2. The van der Waals surface area contributed by atoms with Crippen LogP contribution in [0.2, 0.25) is 0 Å². The molecule has 2 aromatic heterocycles. The Morgan fingerprint density at radius 3 is 2.43 bits per heavy atom. The zero-order valence-electron chi connectivity index (χ0n) is 19.2. The lowest BCUT2D eigenvalue weighted by Gasteiger charge is -2.16. The number of ether oxygens (including phenoxy) is 2. The van der Waals surface area contributed by atoms with Crippen LogP contribution in [0, 0.1) is 0 Å². The van der Waals surface area contributed by atoms with Crippen LogP contribution in [0.3, 0.4) is 0 Å². The molecule has 0 bridgehead atoms. The molecule has 0 unspecified atom stereocenters. The van der Waals surface area contributed by atoms with Gasteiger partial charge in [-0.05, 0) is 30.5 Å². The number of imidazole rings is 1. The van der Waals surface area contributed by atoms with E-state index in [0.29, 0.717) is 11.7 Å². The van der Waals surface area contributed by atoms with Gasteiger partial charge in [0.25, 0.3) is 0 Å². The number of Topliss-reactive ketones (excluding diaryl/α,β-unsaturated/α-hetero) is 1. The Balaban J connectivity index is 1.49. The summed E-state index contributed by atoms with van der Waals surface area (Å²) in [6.45, 7) is 0. The van der Waals surface area contributed by atoms with Crippen molar-refractivity contribution in [1.82, 2.24) is 19.3 Å². The topological polar surface area (TPSA) is 71.2 Å². The standard InChI is InChI=1S/C25H23F3N4O3/c1-34-22-10-18(11-23(35-2)24(22)21(33)7-8-25(26,27)28)31-14-29-19-9-15(3-6-20(19)31)16-12-30-32(13-16)17-4-5-17/h3,6,9-14,17H,4-5,7-8H2,1-2H3. The number of halogens is 3. The lowest BCUT2D eigenvalue weighted by molar-refractivity contribution is -0.133. The van der Waals surface area contributed by atoms with Gasteiger partial charge in [-0.2, -0.15) is 18.3 Å². The number of hydrogen-bond donors (Lipinski definition) is 0. The van der Waals surface area contributed by atoms with Crippen molar-refractivity contribution in [2.24, 2.45) is 0 Å². The summed E-state index contributed by atoms with van der Waals surface area (Å²) in [6.07, 6.45) is 1.51. The van der Waals surface area contributed by atoms with Crippen molar-refractivity contribution in [2.75, 3.05) is 14.2 Å². The maximum Gasteiger partial charge on any atom is 0.389 e. The number of nitrogens with zero attached hydrogens (tertiary/aromatic N) is 4. The van der Waals surface area contributed by atoms with Crippen molar-refractivity contribution < 1.29 is 27.4 Å². The van der Waals surface area contributed by atoms with Gasteiger partial charge in [0, 0.05) is 30.3 Å². The minimum atomic E-state index is -4.43. The van der Waals surface area contributed by atoms with Crippen LogP contribution in [-0.2, 0) is 0 Å². The number of carbonyl (C=O) groups excluding carboxylic acids is 1. The third-order valence-corrected chi connectivity index (χ3v) is 6.09. The average Bonchev–Trinajstić information content (AvgIpc) is 3.42. The highest BCUT2D eigenvalue weighted by Crippen LogP contribution is 2.37. The largest absolute Gasteiger partial charge is 0.496 e. The molecule has 1 aliphatic carbocycles. The Labute approximate surface area is 199 Å². The quantitative estimate of drug-likeness (QED) is 0.297. The first kappa shape index (κ1) is 22.9. The zero-order chi connectivity index (χ0) is 24.7. The fraction of sp³-hybridized carbons (Fsp3) is 0.320.